The standard InChI is InChI=1S/C16H17BrN2OS/c1-20-9-8-11-4-2-3-5-15(11)19-12-6-7-13(16(18)21)14(17)10-12/h2-7,10,19H,8-9H2,1H3,(H2,18,21). The van der Waals surface area contributed by atoms with Gasteiger partial charge in [-0.05, 0) is 52.2 Å². The lowest BCUT2D eigenvalue weighted by molar-refractivity contribution is 0.202. The fraction of sp³-hybridized carbons (Fsp3) is 0.188. The first-order valence-electron chi connectivity index (χ1n) is 6.55. The average molecular weight is 365 g/mol. The van der Waals surface area contributed by atoms with Gasteiger partial charge in [-0.3, -0.25) is 0 Å². The minimum absolute atomic E-state index is 0.383. The van der Waals surface area contributed by atoms with Crippen LogP contribution in [0.5, 0.6) is 0 Å². The Labute approximate surface area is 138 Å². The van der Waals surface area contributed by atoms with Crippen LogP contribution in [0.4, 0.5) is 11.4 Å². The molecule has 0 heterocycles. The number of halogens is 1. The van der Waals surface area contributed by atoms with Gasteiger partial charge in [-0.2, -0.15) is 0 Å². The van der Waals surface area contributed by atoms with E-state index in [4.69, 9.17) is 22.7 Å². The van der Waals surface area contributed by atoms with Crippen LogP contribution in [-0.4, -0.2) is 18.7 Å². The fourth-order valence-corrected chi connectivity index (χ4v) is 2.92. The molecule has 0 saturated carbocycles. The quantitative estimate of drug-likeness (QED) is 0.760. The second kappa shape index (κ2) is 7.54. The van der Waals surface area contributed by atoms with E-state index in [9.17, 15) is 0 Å². The molecule has 0 aromatic heterocycles. The summed E-state index contributed by atoms with van der Waals surface area (Å²) in [6.07, 6.45) is 0.867. The predicted molar refractivity (Wildman–Crippen MR) is 95.3 cm³/mol. The van der Waals surface area contributed by atoms with Crippen molar-refractivity contribution in [3.63, 3.8) is 0 Å². The minimum Gasteiger partial charge on any atom is -0.389 e. The van der Waals surface area contributed by atoms with Crippen molar-refractivity contribution < 1.29 is 4.74 Å². The molecule has 0 saturated heterocycles. The zero-order valence-corrected chi connectivity index (χ0v) is 14.1. The molecular formula is C16H17BrN2OS. The highest BCUT2D eigenvalue weighted by molar-refractivity contribution is 9.10. The number of nitrogens with one attached hydrogen (secondary N) is 1. The third-order valence-electron chi connectivity index (χ3n) is 3.11. The number of nitrogens with two attached hydrogens (primary N) is 1. The van der Waals surface area contributed by atoms with Crippen LogP contribution >= 0.6 is 28.1 Å². The maximum absolute atomic E-state index is 5.66. The molecule has 110 valence electrons. The Morgan fingerprint density at radius 3 is 2.71 bits per heavy atom. The summed E-state index contributed by atoms with van der Waals surface area (Å²) < 4.78 is 6.03. The van der Waals surface area contributed by atoms with Gasteiger partial charge in [0.1, 0.15) is 4.99 Å². The van der Waals surface area contributed by atoms with Crippen LogP contribution in [0.3, 0.4) is 0 Å². The first kappa shape index (κ1) is 15.9. The van der Waals surface area contributed by atoms with Gasteiger partial charge in [-0.1, -0.05) is 30.4 Å². The van der Waals surface area contributed by atoms with E-state index < -0.39 is 0 Å². The van der Waals surface area contributed by atoms with E-state index in [1.54, 1.807) is 7.11 Å². The van der Waals surface area contributed by atoms with Gasteiger partial charge in [0.05, 0.1) is 6.61 Å². The topological polar surface area (TPSA) is 47.3 Å². The summed E-state index contributed by atoms with van der Waals surface area (Å²) in [5, 5.41) is 3.42. The number of para-hydroxylation sites is 1. The van der Waals surface area contributed by atoms with Crippen molar-refractivity contribution in [2.75, 3.05) is 19.0 Å². The van der Waals surface area contributed by atoms with Crippen molar-refractivity contribution in [2.45, 2.75) is 6.42 Å². The Hall–Kier alpha value is -1.43. The Morgan fingerprint density at radius 1 is 1.29 bits per heavy atom. The van der Waals surface area contributed by atoms with Crippen LogP contribution in [-0.2, 0) is 11.2 Å². The Kier molecular flexibility index (Phi) is 5.73. The molecule has 2 aromatic rings. The molecule has 0 unspecified atom stereocenters. The smallest absolute Gasteiger partial charge is 0.105 e. The Balaban J connectivity index is 2.22. The summed E-state index contributed by atoms with van der Waals surface area (Å²) in [7, 11) is 1.71. The second-order valence-electron chi connectivity index (χ2n) is 4.58. The number of ether oxygens (including phenoxy) is 1. The van der Waals surface area contributed by atoms with Gasteiger partial charge < -0.3 is 15.8 Å². The van der Waals surface area contributed by atoms with Crippen LogP contribution in [0.15, 0.2) is 46.9 Å². The van der Waals surface area contributed by atoms with E-state index in [0.717, 1.165) is 27.8 Å². The van der Waals surface area contributed by atoms with Crippen LogP contribution in [0.1, 0.15) is 11.1 Å². The van der Waals surface area contributed by atoms with Crippen LogP contribution in [0, 0.1) is 0 Å². The minimum atomic E-state index is 0.383. The number of anilines is 2. The first-order valence-corrected chi connectivity index (χ1v) is 7.75. The zero-order valence-electron chi connectivity index (χ0n) is 11.7. The van der Waals surface area contributed by atoms with E-state index in [0.29, 0.717) is 11.6 Å². The van der Waals surface area contributed by atoms with E-state index in [-0.39, 0.29) is 0 Å². The van der Waals surface area contributed by atoms with Gasteiger partial charge in [0.15, 0.2) is 0 Å². The number of benzene rings is 2. The van der Waals surface area contributed by atoms with Gasteiger partial charge >= 0.3 is 0 Å². The molecule has 0 atom stereocenters. The van der Waals surface area contributed by atoms with Gasteiger partial charge in [0, 0.05) is 28.5 Å². The summed E-state index contributed by atoms with van der Waals surface area (Å²) in [6.45, 7) is 0.697. The molecule has 21 heavy (non-hydrogen) atoms. The molecule has 0 amide bonds. The SMILES string of the molecule is COCCc1ccccc1Nc1ccc(C(N)=S)c(Br)c1. The summed E-state index contributed by atoms with van der Waals surface area (Å²) in [5.74, 6) is 0. The zero-order chi connectivity index (χ0) is 15.2. The van der Waals surface area contributed by atoms with Crippen LogP contribution in [0.25, 0.3) is 0 Å². The van der Waals surface area contributed by atoms with Crippen molar-refractivity contribution in [1.82, 2.24) is 0 Å². The number of methoxy groups -OCH3 is 1. The van der Waals surface area contributed by atoms with E-state index in [1.807, 2.05) is 30.3 Å². The molecule has 5 heteroatoms. The van der Waals surface area contributed by atoms with Gasteiger partial charge in [0.25, 0.3) is 0 Å². The molecule has 0 aliphatic carbocycles. The largest absolute Gasteiger partial charge is 0.389 e. The molecule has 0 radical (unpaired) electrons. The van der Waals surface area contributed by atoms with Crippen LogP contribution in [0.2, 0.25) is 0 Å². The molecule has 0 bridgehead atoms. The van der Waals surface area contributed by atoms with Crippen molar-refractivity contribution >= 4 is 44.5 Å². The number of rotatable bonds is 6. The predicted octanol–water partition coefficient (Wildman–Crippen LogP) is 4.02. The van der Waals surface area contributed by atoms with Crippen molar-refractivity contribution in [1.29, 1.82) is 0 Å². The van der Waals surface area contributed by atoms with Gasteiger partial charge in [-0.25, -0.2) is 0 Å². The normalized spacial score (nSPS) is 10.4. The highest BCUT2D eigenvalue weighted by Crippen LogP contribution is 2.26. The van der Waals surface area contributed by atoms with Gasteiger partial charge in [0.2, 0.25) is 0 Å². The monoisotopic (exact) mass is 364 g/mol. The molecule has 0 aliphatic rings. The fourth-order valence-electron chi connectivity index (χ4n) is 2.02. The van der Waals surface area contributed by atoms with Crippen molar-refractivity contribution in [3.8, 4) is 0 Å². The molecule has 2 aromatic carbocycles. The molecule has 0 fully saturated rings. The number of hydrogen-bond donors (Lipinski definition) is 2. The number of hydrogen-bond acceptors (Lipinski definition) is 3. The average Bonchev–Trinajstić information content (AvgIpc) is 2.46. The summed E-state index contributed by atoms with van der Waals surface area (Å²) in [5.41, 5.74) is 9.77. The van der Waals surface area contributed by atoms with Crippen molar-refractivity contribution in [2.24, 2.45) is 5.73 Å². The second-order valence-corrected chi connectivity index (χ2v) is 5.88. The number of thiocarbonyl (C=S) groups is 1. The first-order chi connectivity index (χ1) is 10.1. The lowest BCUT2D eigenvalue weighted by Crippen LogP contribution is -2.10. The highest BCUT2D eigenvalue weighted by atomic mass is 79.9. The molecule has 3 N–H and O–H groups in total. The molecule has 0 spiro atoms. The molecule has 2 rings (SSSR count). The van der Waals surface area contributed by atoms with E-state index >= 15 is 0 Å². The molecular weight excluding hydrogens is 348 g/mol. The Bertz CT molecular complexity index is 646. The van der Waals surface area contributed by atoms with Crippen molar-refractivity contribution in [3.05, 3.63) is 58.1 Å². The van der Waals surface area contributed by atoms with E-state index in [1.165, 1.54) is 5.56 Å². The molecule has 3 nitrogen and oxygen atoms in total. The van der Waals surface area contributed by atoms with Gasteiger partial charge in [-0.15, -0.1) is 0 Å². The third kappa shape index (κ3) is 4.27. The Morgan fingerprint density at radius 2 is 2.05 bits per heavy atom. The summed E-state index contributed by atoms with van der Waals surface area (Å²) >= 11 is 8.50. The van der Waals surface area contributed by atoms with Crippen LogP contribution < -0.4 is 11.1 Å². The molecule has 0 aliphatic heterocycles. The lowest BCUT2D eigenvalue weighted by Gasteiger charge is -2.13. The third-order valence-corrected chi connectivity index (χ3v) is 3.98. The van der Waals surface area contributed by atoms with E-state index in [2.05, 4.69) is 33.4 Å². The highest BCUT2D eigenvalue weighted by Gasteiger charge is 2.06. The maximum atomic E-state index is 5.66. The summed E-state index contributed by atoms with van der Waals surface area (Å²) in [6, 6.07) is 14.0. The summed E-state index contributed by atoms with van der Waals surface area (Å²) in [4.78, 5) is 0.383. The lowest BCUT2D eigenvalue weighted by atomic mass is 10.1. The maximum Gasteiger partial charge on any atom is 0.105 e.